The maximum atomic E-state index is 3.65. The van der Waals surface area contributed by atoms with Gasteiger partial charge in [0.1, 0.15) is 0 Å². The fraction of sp³-hybridized carbons (Fsp3) is 1.00. The van der Waals surface area contributed by atoms with Crippen LogP contribution in [-0.2, 0) is 0 Å². The maximum absolute atomic E-state index is 3.65. The number of nitrogens with zero attached hydrogens (tertiary/aromatic N) is 1. The van der Waals surface area contributed by atoms with Gasteiger partial charge in [0.15, 0.2) is 0 Å². The highest BCUT2D eigenvalue weighted by atomic mass is 15.2. The van der Waals surface area contributed by atoms with E-state index in [1.807, 2.05) is 0 Å². The number of hydrogen-bond acceptors (Lipinski definition) is 2. The van der Waals surface area contributed by atoms with E-state index in [0.29, 0.717) is 0 Å². The molecule has 2 aliphatic rings. The first-order valence-corrected chi connectivity index (χ1v) is 6.78. The Hall–Kier alpha value is -0.0800. The molecule has 0 aromatic carbocycles. The van der Waals surface area contributed by atoms with Crippen LogP contribution in [0.2, 0.25) is 0 Å². The fourth-order valence-corrected chi connectivity index (χ4v) is 2.89. The molecule has 1 saturated heterocycles. The van der Waals surface area contributed by atoms with Crippen molar-refractivity contribution in [2.75, 3.05) is 19.6 Å². The zero-order valence-corrected chi connectivity index (χ0v) is 10.3. The van der Waals surface area contributed by atoms with Crippen LogP contribution in [0.4, 0.5) is 0 Å². The summed E-state index contributed by atoms with van der Waals surface area (Å²) in [6.07, 6.45) is 7.02. The summed E-state index contributed by atoms with van der Waals surface area (Å²) in [6, 6.07) is 1.56. The number of nitrogens with one attached hydrogen (secondary N) is 1. The van der Waals surface area contributed by atoms with Crippen LogP contribution in [0.5, 0.6) is 0 Å². The van der Waals surface area contributed by atoms with Gasteiger partial charge in [-0.2, -0.15) is 0 Å². The third-order valence-electron chi connectivity index (χ3n) is 4.41. The van der Waals surface area contributed by atoms with E-state index in [0.717, 1.165) is 18.0 Å². The second-order valence-corrected chi connectivity index (χ2v) is 5.34. The summed E-state index contributed by atoms with van der Waals surface area (Å²) >= 11 is 0. The molecule has 0 spiro atoms. The van der Waals surface area contributed by atoms with Gasteiger partial charge in [-0.1, -0.05) is 13.3 Å². The highest BCUT2D eigenvalue weighted by Crippen LogP contribution is 2.32. The van der Waals surface area contributed by atoms with Crippen LogP contribution < -0.4 is 5.32 Å². The van der Waals surface area contributed by atoms with Gasteiger partial charge in [0.25, 0.3) is 0 Å². The normalized spacial score (nSPS) is 32.0. The van der Waals surface area contributed by atoms with Gasteiger partial charge in [-0.15, -0.1) is 0 Å². The first-order chi connectivity index (χ1) is 7.31. The van der Waals surface area contributed by atoms with E-state index in [1.165, 1.54) is 51.7 Å². The van der Waals surface area contributed by atoms with Crippen molar-refractivity contribution in [1.29, 1.82) is 0 Å². The van der Waals surface area contributed by atoms with Crippen LogP contribution in [0, 0.1) is 5.92 Å². The van der Waals surface area contributed by atoms with Crippen LogP contribution in [0.1, 0.15) is 46.0 Å². The SMILES string of the molecule is CCC1CN(C(C)C2CCC2)CCCN1. The van der Waals surface area contributed by atoms with Gasteiger partial charge in [-0.25, -0.2) is 0 Å². The van der Waals surface area contributed by atoms with E-state index in [9.17, 15) is 0 Å². The summed E-state index contributed by atoms with van der Waals surface area (Å²) in [6.45, 7) is 8.54. The predicted molar refractivity (Wildman–Crippen MR) is 65.1 cm³/mol. The maximum Gasteiger partial charge on any atom is 0.0192 e. The van der Waals surface area contributed by atoms with Crippen LogP contribution >= 0.6 is 0 Å². The van der Waals surface area contributed by atoms with E-state index < -0.39 is 0 Å². The van der Waals surface area contributed by atoms with Gasteiger partial charge >= 0.3 is 0 Å². The smallest absolute Gasteiger partial charge is 0.0192 e. The minimum absolute atomic E-state index is 0.732. The third kappa shape index (κ3) is 2.73. The molecule has 0 bridgehead atoms. The van der Waals surface area contributed by atoms with Crippen molar-refractivity contribution in [3.63, 3.8) is 0 Å². The topological polar surface area (TPSA) is 15.3 Å². The second-order valence-electron chi connectivity index (χ2n) is 5.34. The minimum Gasteiger partial charge on any atom is -0.313 e. The van der Waals surface area contributed by atoms with Crippen molar-refractivity contribution in [3.8, 4) is 0 Å². The van der Waals surface area contributed by atoms with Gasteiger partial charge < -0.3 is 5.32 Å². The number of hydrogen-bond donors (Lipinski definition) is 1. The Kier molecular flexibility index (Phi) is 4.04. The molecule has 0 aromatic heterocycles. The molecule has 2 nitrogen and oxygen atoms in total. The Bertz CT molecular complexity index is 189. The lowest BCUT2D eigenvalue weighted by Gasteiger charge is -2.39. The lowest BCUT2D eigenvalue weighted by atomic mass is 9.79. The molecule has 1 N–H and O–H groups in total. The van der Waals surface area contributed by atoms with E-state index in [2.05, 4.69) is 24.1 Å². The fourth-order valence-electron chi connectivity index (χ4n) is 2.89. The Morgan fingerprint density at radius 2 is 2.13 bits per heavy atom. The Labute approximate surface area is 94.4 Å². The standard InChI is InChI=1S/C13H26N2/c1-3-13-10-15(9-5-8-14-13)11(2)12-6-4-7-12/h11-14H,3-10H2,1-2H3. The van der Waals surface area contributed by atoms with Crippen molar-refractivity contribution in [3.05, 3.63) is 0 Å². The molecular weight excluding hydrogens is 184 g/mol. The van der Waals surface area contributed by atoms with Crippen molar-refractivity contribution < 1.29 is 0 Å². The van der Waals surface area contributed by atoms with Gasteiger partial charge in [-0.05, 0) is 51.6 Å². The van der Waals surface area contributed by atoms with Crippen LogP contribution in [0.15, 0.2) is 0 Å². The minimum atomic E-state index is 0.732. The largest absolute Gasteiger partial charge is 0.313 e. The zero-order valence-electron chi connectivity index (χ0n) is 10.3. The molecule has 0 radical (unpaired) electrons. The van der Waals surface area contributed by atoms with Crippen molar-refractivity contribution >= 4 is 0 Å². The van der Waals surface area contributed by atoms with Gasteiger partial charge in [0.05, 0.1) is 0 Å². The summed E-state index contributed by atoms with van der Waals surface area (Å²) < 4.78 is 0. The zero-order chi connectivity index (χ0) is 10.7. The van der Waals surface area contributed by atoms with Crippen LogP contribution in [-0.4, -0.2) is 36.6 Å². The molecule has 15 heavy (non-hydrogen) atoms. The van der Waals surface area contributed by atoms with Crippen LogP contribution in [0.25, 0.3) is 0 Å². The molecular formula is C13H26N2. The van der Waals surface area contributed by atoms with E-state index in [1.54, 1.807) is 0 Å². The highest BCUT2D eigenvalue weighted by Gasteiger charge is 2.29. The summed E-state index contributed by atoms with van der Waals surface area (Å²) in [7, 11) is 0. The summed E-state index contributed by atoms with van der Waals surface area (Å²) in [5.41, 5.74) is 0. The quantitative estimate of drug-likeness (QED) is 0.768. The summed E-state index contributed by atoms with van der Waals surface area (Å²) in [4.78, 5) is 2.73. The van der Waals surface area contributed by atoms with Crippen LogP contribution in [0.3, 0.4) is 0 Å². The summed E-state index contributed by atoms with van der Waals surface area (Å²) in [5.74, 6) is 1.00. The Morgan fingerprint density at radius 3 is 2.73 bits per heavy atom. The molecule has 2 atom stereocenters. The molecule has 0 aromatic rings. The molecule has 2 fully saturated rings. The van der Waals surface area contributed by atoms with E-state index >= 15 is 0 Å². The van der Waals surface area contributed by atoms with Crippen molar-refractivity contribution in [1.82, 2.24) is 10.2 Å². The lowest BCUT2D eigenvalue weighted by molar-refractivity contribution is 0.106. The van der Waals surface area contributed by atoms with E-state index in [-0.39, 0.29) is 0 Å². The number of rotatable bonds is 3. The Balaban J connectivity index is 1.87. The summed E-state index contributed by atoms with van der Waals surface area (Å²) in [5, 5.41) is 3.65. The molecule has 2 heteroatoms. The van der Waals surface area contributed by atoms with E-state index in [4.69, 9.17) is 0 Å². The third-order valence-corrected chi connectivity index (χ3v) is 4.41. The first-order valence-electron chi connectivity index (χ1n) is 6.78. The first kappa shape index (κ1) is 11.4. The van der Waals surface area contributed by atoms with Gasteiger partial charge in [0, 0.05) is 18.6 Å². The molecule has 1 aliphatic carbocycles. The molecule has 2 rings (SSSR count). The molecule has 1 aliphatic heterocycles. The highest BCUT2D eigenvalue weighted by molar-refractivity contribution is 4.85. The molecule has 1 saturated carbocycles. The predicted octanol–water partition coefficient (Wildman–Crippen LogP) is 2.25. The molecule has 2 unspecified atom stereocenters. The van der Waals surface area contributed by atoms with Crippen molar-refractivity contribution in [2.24, 2.45) is 5.92 Å². The average Bonchev–Trinajstić information content (AvgIpc) is 2.39. The molecule has 88 valence electrons. The average molecular weight is 210 g/mol. The van der Waals surface area contributed by atoms with Gasteiger partial charge in [0.2, 0.25) is 0 Å². The molecule has 1 heterocycles. The monoisotopic (exact) mass is 210 g/mol. The molecule has 0 amide bonds. The Morgan fingerprint density at radius 1 is 1.33 bits per heavy atom. The van der Waals surface area contributed by atoms with Gasteiger partial charge in [-0.3, -0.25) is 4.90 Å². The second kappa shape index (κ2) is 5.31. The lowest BCUT2D eigenvalue weighted by Crippen LogP contribution is -2.45. The van der Waals surface area contributed by atoms with Crippen molar-refractivity contribution in [2.45, 2.75) is 58.0 Å².